The number of hydrogen-bond donors (Lipinski definition) is 2. The number of fused-ring (bicyclic) bond motifs is 6. The number of carbonyl (C=O) groups excluding carboxylic acids is 4. The Kier molecular flexibility index (Phi) is 12.0. The Hall–Kier alpha value is -4.96. The van der Waals surface area contributed by atoms with Crippen LogP contribution in [0.1, 0.15) is 87.1 Å². The van der Waals surface area contributed by atoms with E-state index in [1.807, 2.05) is 60.7 Å². The minimum atomic E-state index is -1.54. The second kappa shape index (κ2) is 17.6. The number of hydroxylamine groups is 2. The molecular weight excluding hydrogens is 843 g/mol. The largest absolute Gasteiger partial charge is 0.460 e. The number of hydrogen-bond acceptors (Lipinski definition) is 12. The summed E-state index contributed by atoms with van der Waals surface area (Å²) in [5, 5.41) is 14.9. The molecule has 1 spiro atoms. The maximum absolute atomic E-state index is 15.9. The number of epoxide rings is 1. The summed E-state index contributed by atoms with van der Waals surface area (Å²) in [6, 6.07) is 22.5. The number of esters is 2. The van der Waals surface area contributed by atoms with Crippen LogP contribution >= 0.6 is 0 Å². The minimum Gasteiger partial charge on any atom is -0.460 e. The van der Waals surface area contributed by atoms with Crippen LogP contribution in [0.3, 0.4) is 0 Å². The van der Waals surface area contributed by atoms with E-state index in [4.69, 9.17) is 28.5 Å². The number of amides is 2. The molecule has 11 atom stereocenters. The molecule has 4 saturated heterocycles. The van der Waals surface area contributed by atoms with E-state index in [-0.39, 0.29) is 32.2 Å². The smallest absolute Gasteiger partial charge is 0.327 e. The Morgan fingerprint density at radius 2 is 1.67 bits per heavy atom. The molecule has 0 radical (unpaired) electrons. The number of ether oxygens (including phenoxy) is 5. The summed E-state index contributed by atoms with van der Waals surface area (Å²) >= 11 is 0. The van der Waals surface area contributed by atoms with Gasteiger partial charge < -0.3 is 39.0 Å². The number of likely N-dealkylation sites (N-methyl/N-ethyl adjacent to an activating group) is 1. The first-order valence-corrected chi connectivity index (χ1v) is 23.6. The van der Waals surface area contributed by atoms with Gasteiger partial charge in [0.1, 0.15) is 41.5 Å². The van der Waals surface area contributed by atoms with Crippen molar-refractivity contribution in [1.29, 1.82) is 0 Å². The summed E-state index contributed by atoms with van der Waals surface area (Å²) in [5.41, 5.74) is 2.67. The molecule has 2 amide bonds. The summed E-state index contributed by atoms with van der Waals surface area (Å²) in [7, 11) is 1.59. The molecule has 3 aromatic carbocycles. The highest BCUT2D eigenvalue weighted by atomic mass is 16.8. The third-order valence-electron chi connectivity index (χ3n) is 14.6. The molecule has 11 unspecified atom stereocenters. The summed E-state index contributed by atoms with van der Waals surface area (Å²) < 4.78 is 31.4. The minimum absolute atomic E-state index is 0.0306. The normalized spacial score (nSPS) is 31.1. The van der Waals surface area contributed by atoms with Gasteiger partial charge in [-0.15, -0.1) is 0 Å². The molecule has 350 valence electrons. The van der Waals surface area contributed by atoms with Crippen LogP contribution in [-0.4, -0.2) is 119 Å². The molecule has 2 N–H and O–H groups in total. The van der Waals surface area contributed by atoms with Crippen LogP contribution in [0.4, 0.5) is 0 Å². The van der Waals surface area contributed by atoms with Gasteiger partial charge in [0.25, 0.3) is 0 Å². The predicted molar refractivity (Wildman–Crippen MR) is 240 cm³/mol. The molecular formula is C52H61N3O11. The van der Waals surface area contributed by atoms with Crippen molar-refractivity contribution >= 4 is 29.8 Å². The summed E-state index contributed by atoms with van der Waals surface area (Å²) in [6.07, 6.45) is 6.44. The first-order valence-electron chi connectivity index (χ1n) is 23.6. The Bertz CT molecular complexity index is 2340. The van der Waals surface area contributed by atoms with Crippen LogP contribution < -0.4 is 5.32 Å². The first kappa shape index (κ1) is 44.9. The quantitative estimate of drug-likeness (QED) is 0.164. The lowest BCUT2D eigenvalue weighted by Crippen LogP contribution is -2.70. The molecule has 3 aromatic rings. The number of aliphatic hydroxyl groups is 1. The number of benzene rings is 3. The van der Waals surface area contributed by atoms with E-state index in [9.17, 15) is 19.5 Å². The molecule has 2 saturated carbocycles. The Morgan fingerprint density at radius 1 is 0.939 bits per heavy atom. The lowest BCUT2D eigenvalue weighted by Gasteiger charge is -2.50. The molecule has 14 heteroatoms. The van der Waals surface area contributed by atoms with Crippen LogP contribution in [0.15, 0.2) is 84.9 Å². The van der Waals surface area contributed by atoms with Crippen molar-refractivity contribution in [3.63, 3.8) is 0 Å². The van der Waals surface area contributed by atoms with E-state index in [2.05, 4.69) is 35.7 Å². The van der Waals surface area contributed by atoms with Crippen molar-refractivity contribution in [1.82, 2.24) is 15.3 Å². The maximum atomic E-state index is 15.9. The van der Waals surface area contributed by atoms with Crippen molar-refractivity contribution in [2.24, 2.45) is 11.3 Å². The van der Waals surface area contributed by atoms with Crippen LogP contribution in [-0.2, 0) is 73.5 Å². The molecule has 6 fully saturated rings. The van der Waals surface area contributed by atoms with E-state index in [0.29, 0.717) is 31.0 Å². The zero-order chi connectivity index (χ0) is 46.0. The van der Waals surface area contributed by atoms with Gasteiger partial charge in [0.15, 0.2) is 11.8 Å². The van der Waals surface area contributed by atoms with E-state index < -0.39 is 89.7 Å². The molecule has 4 aliphatic heterocycles. The third-order valence-corrected chi connectivity index (χ3v) is 14.6. The maximum Gasteiger partial charge on any atom is 0.327 e. The zero-order valence-corrected chi connectivity index (χ0v) is 38.1. The second-order valence-corrected chi connectivity index (χ2v) is 20.4. The van der Waals surface area contributed by atoms with Gasteiger partial charge in [-0.05, 0) is 80.2 Å². The van der Waals surface area contributed by atoms with Gasteiger partial charge in [-0.1, -0.05) is 91.0 Å². The van der Waals surface area contributed by atoms with Gasteiger partial charge in [0.05, 0.1) is 31.4 Å². The van der Waals surface area contributed by atoms with Crippen LogP contribution in [0, 0.1) is 11.3 Å². The standard InChI is InChI=1S/C52H61N3O11/c1-50(2,3)63-42(57)22-20-37(30-56)53-47(58)38(24-31-11-6-5-7-12-31)54(4)49(60)52-28-41-43-44(65-51(64-43)26-35-15-8-9-16-36(35)27-51)46(52)66-55(45(52)48(59)62-41)29-34-14-10-13-32(23-34)17-18-33-19-21-39-40(25-33)61-39/h5-18,23,33,37-41,43-46,56H,19-22,24-30H2,1-4H3,(H,53,58). The molecule has 7 aliphatic rings. The molecule has 14 nitrogen and oxygen atoms in total. The average Bonchev–Trinajstić information content (AvgIpc) is 3.64. The van der Waals surface area contributed by atoms with Crippen molar-refractivity contribution < 1.29 is 52.8 Å². The van der Waals surface area contributed by atoms with Gasteiger partial charge in [0, 0.05) is 39.2 Å². The molecule has 66 heavy (non-hydrogen) atoms. The number of carbonyl (C=O) groups is 4. The van der Waals surface area contributed by atoms with Crippen molar-refractivity contribution in [2.45, 2.75) is 151 Å². The topological polar surface area (TPSA) is 166 Å². The highest BCUT2D eigenvalue weighted by molar-refractivity contribution is 5.96. The van der Waals surface area contributed by atoms with Crippen LogP contribution in [0.2, 0.25) is 0 Å². The molecule has 10 rings (SSSR count). The lowest BCUT2D eigenvalue weighted by atomic mass is 9.62. The number of nitrogens with one attached hydrogen (secondary N) is 1. The molecule has 3 aliphatic carbocycles. The Balaban J connectivity index is 0.960. The fraction of sp³-hybridized carbons (Fsp3) is 0.538. The summed E-state index contributed by atoms with van der Waals surface area (Å²) in [5.74, 6) is -2.62. The fourth-order valence-electron chi connectivity index (χ4n) is 11.5. The Morgan fingerprint density at radius 3 is 2.39 bits per heavy atom. The highest BCUT2D eigenvalue weighted by Crippen LogP contribution is 2.59. The van der Waals surface area contributed by atoms with Gasteiger partial charge in [-0.3, -0.25) is 24.0 Å². The van der Waals surface area contributed by atoms with Gasteiger partial charge in [-0.25, -0.2) is 0 Å². The second-order valence-electron chi connectivity index (χ2n) is 20.4. The van der Waals surface area contributed by atoms with E-state index in [1.54, 1.807) is 32.9 Å². The summed E-state index contributed by atoms with van der Waals surface area (Å²) in [6.45, 7) is 5.06. The first-order chi connectivity index (χ1) is 31.7. The fourth-order valence-corrected chi connectivity index (χ4v) is 11.5. The average molecular weight is 904 g/mol. The van der Waals surface area contributed by atoms with E-state index in [1.165, 1.54) is 4.90 Å². The Labute approximate surface area is 385 Å². The SMILES string of the molecule is CN(C(=O)C12CC3OC(=O)C1N(Cc1cccc(C=CC4CCC5OC5C4)c1)OC2C1OC2(Cc4ccccc4C2)OC31)C(Cc1ccccc1)C(=O)NC(CO)CCC(=O)OC(C)(C)C. The van der Waals surface area contributed by atoms with E-state index >= 15 is 4.79 Å². The van der Waals surface area contributed by atoms with Gasteiger partial charge >= 0.3 is 11.9 Å². The van der Waals surface area contributed by atoms with Crippen molar-refractivity contribution in [2.75, 3.05) is 13.7 Å². The van der Waals surface area contributed by atoms with Gasteiger partial charge in [-0.2, -0.15) is 5.06 Å². The number of allylic oxidation sites excluding steroid dienone is 1. The third kappa shape index (κ3) is 8.72. The number of nitrogens with zero attached hydrogens (tertiary/aromatic N) is 2. The zero-order valence-electron chi connectivity index (χ0n) is 38.1. The highest BCUT2D eigenvalue weighted by Gasteiger charge is 2.77. The monoisotopic (exact) mass is 903 g/mol. The van der Waals surface area contributed by atoms with E-state index in [0.717, 1.165) is 47.1 Å². The number of aliphatic hydroxyl groups excluding tert-OH is 1. The molecule has 0 aromatic heterocycles. The number of rotatable bonds is 14. The van der Waals surface area contributed by atoms with Crippen molar-refractivity contribution in [3.8, 4) is 0 Å². The molecule has 4 heterocycles. The van der Waals surface area contributed by atoms with Gasteiger partial charge in [0.2, 0.25) is 11.8 Å². The van der Waals surface area contributed by atoms with Crippen LogP contribution in [0.25, 0.3) is 6.08 Å². The lowest BCUT2D eigenvalue weighted by molar-refractivity contribution is -0.218. The molecule has 2 bridgehead atoms. The van der Waals surface area contributed by atoms with Crippen molar-refractivity contribution in [3.05, 3.63) is 113 Å². The summed E-state index contributed by atoms with van der Waals surface area (Å²) in [4.78, 5) is 66.1. The van der Waals surface area contributed by atoms with Crippen LogP contribution in [0.5, 0.6) is 0 Å². The predicted octanol–water partition coefficient (Wildman–Crippen LogP) is 5.02.